The summed E-state index contributed by atoms with van der Waals surface area (Å²) in [6.07, 6.45) is 10.8. The third-order valence-corrected chi connectivity index (χ3v) is 4.42. The summed E-state index contributed by atoms with van der Waals surface area (Å²) in [5.74, 6) is 1.21. The lowest BCUT2D eigenvalue weighted by atomic mass is 10.1. The van der Waals surface area contributed by atoms with Crippen molar-refractivity contribution >= 4 is 43.0 Å². The van der Waals surface area contributed by atoms with Crippen molar-refractivity contribution in [1.29, 1.82) is 0 Å². The zero-order valence-electron chi connectivity index (χ0n) is 13.7. The van der Waals surface area contributed by atoms with Crippen molar-refractivity contribution in [1.82, 2.24) is 15.6 Å². The number of halogens is 2. The average Bonchev–Trinajstić information content (AvgIpc) is 3.07. The number of carbonyl (C=O) groups excluding carboxylic acids is 1. The van der Waals surface area contributed by atoms with Crippen molar-refractivity contribution in [3.8, 4) is 0 Å². The van der Waals surface area contributed by atoms with Crippen molar-refractivity contribution in [2.45, 2.75) is 44.4 Å². The number of amides is 1. The van der Waals surface area contributed by atoms with E-state index in [2.05, 4.69) is 28.6 Å². The van der Waals surface area contributed by atoms with Crippen molar-refractivity contribution in [2.75, 3.05) is 18.8 Å². The molecule has 0 bridgehead atoms. The summed E-state index contributed by atoms with van der Waals surface area (Å²) >= 11 is 1.94. The number of nitrogens with zero attached hydrogens (tertiary/aromatic N) is 1. The van der Waals surface area contributed by atoms with Crippen LogP contribution in [0.25, 0.3) is 0 Å². The van der Waals surface area contributed by atoms with E-state index in [0.717, 1.165) is 25.9 Å². The van der Waals surface area contributed by atoms with Crippen LogP contribution in [-0.4, -0.2) is 30.2 Å². The van der Waals surface area contributed by atoms with E-state index in [-0.39, 0.29) is 24.8 Å². The molecule has 1 saturated heterocycles. The fraction of sp³-hybridized carbons (Fsp3) is 0.625. The summed E-state index contributed by atoms with van der Waals surface area (Å²) < 4.78 is 0. The molecule has 1 amide bonds. The third kappa shape index (κ3) is 12.6. The number of unbranched alkanes of at least 4 members (excludes halogenated alkanes) is 4. The van der Waals surface area contributed by atoms with Gasteiger partial charge in [-0.1, -0.05) is 38.7 Å². The minimum absolute atomic E-state index is 0. The lowest BCUT2D eigenvalue weighted by molar-refractivity contribution is -0.109. The van der Waals surface area contributed by atoms with E-state index in [1.165, 1.54) is 37.0 Å². The standard InChI is InChI=1S/C8H10N2S.C8H17NO.2ClH/c1-2-7(6-9-3-1)8-10-4-5-11-8;1-2-3-4-5-6-7-9-8-10;;/h1-3,6,8,10H,4-5H2;8H,2-7H2,1H3,(H,9,10);2*1H. The van der Waals surface area contributed by atoms with Crippen LogP contribution in [0.4, 0.5) is 0 Å². The molecule has 1 atom stereocenters. The van der Waals surface area contributed by atoms with Crippen LogP contribution in [0.5, 0.6) is 0 Å². The minimum Gasteiger partial charge on any atom is -0.359 e. The molecule has 0 saturated carbocycles. The number of hydrogen-bond donors (Lipinski definition) is 2. The van der Waals surface area contributed by atoms with Crippen molar-refractivity contribution < 1.29 is 4.79 Å². The van der Waals surface area contributed by atoms with Crippen LogP contribution in [0.1, 0.15) is 50.0 Å². The van der Waals surface area contributed by atoms with E-state index < -0.39 is 0 Å². The van der Waals surface area contributed by atoms with Gasteiger partial charge in [0, 0.05) is 31.2 Å². The fourth-order valence-electron chi connectivity index (χ4n) is 2.06. The first kappa shape index (κ1) is 24.8. The second-order valence-electron chi connectivity index (χ2n) is 4.98. The van der Waals surface area contributed by atoms with Gasteiger partial charge < -0.3 is 10.6 Å². The normalized spacial score (nSPS) is 15.4. The van der Waals surface area contributed by atoms with Gasteiger partial charge in [0.1, 0.15) is 0 Å². The molecule has 0 radical (unpaired) electrons. The summed E-state index contributed by atoms with van der Waals surface area (Å²) in [6, 6.07) is 4.10. The van der Waals surface area contributed by atoms with Gasteiger partial charge in [-0.3, -0.25) is 9.78 Å². The van der Waals surface area contributed by atoms with Gasteiger partial charge in [-0.2, -0.15) is 0 Å². The number of nitrogens with one attached hydrogen (secondary N) is 2. The molecule has 7 heteroatoms. The molecular weight excluding hydrogens is 353 g/mol. The van der Waals surface area contributed by atoms with Gasteiger partial charge in [0.15, 0.2) is 0 Å². The van der Waals surface area contributed by atoms with E-state index in [1.807, 2.05) is 30.2 Å². The highest BCUT2D eigenvalue weighted by Crippen LogP contribution is 2.28. The van der Waals surface area contributed by atoms with Gasteiger partial charge in [0.05, 0.1) is 5.37 Å². The van der Waals surface area contributed by atoms with Gasteiger partial charge in [-0.05, 0) is 18.1 Å². The van der Waals surface area contributed by atoms with Gasteiger partial charge >= 0.3 is 0 Å². The maximum Gasteiger partial charge on any atom is 0.207 e. The second kappa shape index (κ2) is 17.9. The van der Waals surface area contributed by atoms with Crippen molar-refractivity contribution in [3.05, 3.63) is 30.1 Å². The molecule has 2 heterocycles. The molecule has 1 aliphatic heterocycles. The van der Waals surface area contributed by atoms with Gasteiger partial charge in [-0.25, -0.2) is 0 Å². The van der Waals surface area contributed by atoms with Crippen LogP contribution in [-0.2, 0) is 4.79 Å². The first-order valence-electron chi connectivity index (χ1n) is 7.80. The lowest BCUT2D eigenvalue weighted by Crippen LogP contribution is -2.11. The predicted octanol–water partition coefficient (Wildman–Crippen LogP) is 3.96. The van der Waals surface area contributed by atoms with Crippen LogP contribution in [0.3, 0.4) is 0 Å². The first-order chi connectivity index (χ1) is 10.4. The van der Waals surface area contributed by atoms with Crippen LogP contribution in [0.2, 0.25) is 0 Å². The van der Waals surface area contributed by atoms with E-state index in [0.29, 0.717) is 5.37 Å². The Morgan fingerprint density at radius 3 is 2.70 bits per heavy atom. The van der Waals surface area contributed by atoms with Crippen LogP contribution in [0.15, 0.2) is 24.5 Å². The highest BCUT2D eigenvalue weighted by molar-refractivity contribution is 7.99. The predicted molar refractivity (Wildman–Crippen MR) is 105 cm³/mol. The SMILES string of the molecule is CCCCCCCNC=O.Cl.Cl.c1cncc(C2NCCS2)c1. The molecule has 2 rings (SSSR count). The van der Waals surface area contributed by atoms with Crippen LogP contribution in [0, 0.1) is 0 Å². The smallest absolute Gasteiger partial charge is 0.207 e. The molecule has 4 nitrogen and oxygen atoms in total. The van der Waals surface area contributed by atoms with Crippen LogP contribution >= 0.6 is 36.6 Å². The summed E-state index contributed by atoms with van der Waals surface area (Å²) in [6.45, 7) is 4.15. The molecular formula is C16H29Cl2N3OS. The minimum atomic E-state index is 0. The molecule has 0 spiro atoms. The zero-order valence-corrected chi connectivity index (χ0v) is 16.2. The Morgan fingerprint density at radius 1 is 1.35 bits per heavy atom. The number of rotatable bonds is 8. The Morgan fingerprint density at radius 2 is 2.13 bits per heavy atom. The summed E-state index contributed by atoms with van der Waals surface area (Å²) in [5, 5.41) is 6.52. The molecule has 1 fully saturated rings. The third-order valence-electron chi connectivity index (χ3n) is 3.21. The maximum atomic E-state index is 9.78. The maximum absolute atomic E-state index is 9.78. The number of carbonyl (C=O) groups is 1. The monoisotopic (exact) mass is 381 g/mol. The first-order valence-corrected chi connectivity index (χ1v) is 8.85. The Bertz CT molecular complexity index is 366. The Balaban J connectivity index is 0. The molecule has 1 aliphatic rings. The molecule has 1 unspecified atom stereocenters. The summed E-state index contributed by atoms with van der Waals surface area (Å²) in [4.78, 5) is 13.9. The number of thioether (sulfide) groups is 1. The topological polar surface area (TPSA) is 54.0 Å². The van der Waals surface area contributed by atoms with Gasteiger partial charge in [-0.15, -0.1) is 36.6 Å². The van der Waals surface area contributed by atoms with E-state index in [4.69, 9.17) is 0 Å². The van der Waals surface area contributed by atoms with Crippen molar-refractivity contribution in [2.24, 2.45) is 0 Å². The molecule has 0 aromatic carbocycles. The Kier molecular flexibility index (Phi) is 19.2. The molecule has 1 aromatic heterocycles. The number of hydrogen-bond acceptors (Lipinski definition) is 4. The van der Waals surface area contributed by atoms with Crippen molar-refractivity contribution in [3.63, 3.8) is 0 Å². The van der Waals surface area contributed by atoms with Crippen LogP contribution < -0.4 is 10.6 Å². The molecule has 134 valence electrons. The van der Waals surface area contributed by atoms with E-state index in [1.54, 1.807) is 0 Å². The molecule has 0 aliphatic carbocycles. The largest absolute Gasteiger partial charge is 0.359 e. The Labute approximate surface area is 156 Å². The van der Waals surface area contributed by atoms with Gasteiger partial charge in [0.25, 0.3) is 0 Å². The Hall–Kier alpha value is -0.490. The highest BCUT2D eigenvalue weighted by atomic mass is 35.5. The summed E-state index contributed by atoms with van der Waals surface area (Å²) in [7, 11) is 0. The average molecular weight is 382 g/mol. The lowest BCUT2D eigenvalue weighted by Gasteiger charge is -2.07. The second-order valence-corrected chi connectivity index (χ2v) is 6.19. The number of pyridine rings is 1. The van der Waals surface area contributed by atoms with E-state index >= 15 is 0 Å². The highest BCUT2D eigenvalue weighted by Gasteiger charge is 2.15. The van der Waals surface area contributed by atoms with E-state index in [9.17, 15) is 4.79 Å². The molecule has 1 aromatic rings. The quantitative estimate of drug-likeness (QED) is 0.528. The number of aromatic nitrogens is 1. The summed E-state index contributed by atoms with van der Waals surface area (Å²) in [5.41, 5.74) is 1.29. The molecule has 2 N–H and O–H groups in total. The zero-order chi connectivity index (χ0) is 15.2. The molecule has 23 heavy (non-hydrogen) atoms. The van der Waals surface area contributed by atoms with Gasteiger partial charge in [0.2, 0.25) is 6.41 Å². The fourth-order valence-corrected chi connectivity index (χ4v) is 3.10.